The van der Waals surface area contributed by atoms with Crippen molar-refractivity contribution in [1.82, 2.24) is 0 Å². The molecule has 0 saturated heterocycles. The minimum Gasteiger partial charge on any atom is -0.412 e. The zero-order valence-electron chi connectivity index (χ0n) is 10.7. The van der Waals surface area contributed by atoms with Crippen molar-refractivity contribution in [1.29, 1.82) is 0 Å². The van der Waals surface area contributed by atoms with Crippen LogP contribution in [0.15, 0.2) is 0 Å². The van der Waals surface area contributed by atoms with Crippen LogP contribution < -0.4 is 0 Å². The molecule has 1 rings (SSSR count). The fourth-order valence-electron chi connectivity index (χ4n) is 1.06. The summed E-state index contributed by atoms with van der Waals surface area (Å²) < 4.78 is 0. The van der Waals surface area contributed by atoms with Crippen LogP contribution in [-0.2, 0) is 0 Å². The fourth-order valence-corrected chi connectivity index (χ4v) is 1.06. The standard InChI is InChI=1S/C6H12.3C2H6.H2O/c1-2-4-6-5-3-1;3*1-2;/h1-6H2;3*1-2H3;1H2. The fraction of sp³-hybridized carbons (Fsp3) is 1.00. The van der Waals surface area contributed by atoms with Gasteiger partial charge in [-0.25, -0.2) is 0 Å². The van der Waals surface area contributed by atoms with Gasteiger partial charge in [0, 0.05) is 0 Å². The topological polar surface area (TPSA) is 31.5 Å². The Balaban J connectivity index is -0.0000000508. The van der Waals surface area contributed by atoms with E-state index in [-0.39, 0.29) is 5.48 Å². The maximum absolute atomic E-state index is 2.00. The lowest BCUT2D eigenvalue weighted by atomic mass is 10.0. The Hall–Kier alpha value is -0.0400. The molecule has 1 aliphatic rings. The van der Waals surface area contributed by atoms with E-state index in [0.717, 1.165) is 0 Å². The van der Waals surface area contributed by atoms with E-state index in [4.69, 9.17) is 0 Å². The lowest BCUT2D eigenvalue weighted by molar-refractivity contribution is 0.504. The molecule has 1 nitrogen and oxygen atoms in total. The summed E-state index contributed by atoms with van der Waals surface area (Å²) in [5.41, 5.74) is 0. The van der Waals surface area contributed by atoms with E-state index < -0.39 is 0 Å². The Morgan fingerprint density at radius 3 is 0.538 bits per heavy atom. The summed E-state index contributed by atoms with van der Waals surface area (Å²) in [5.74, 6) is 0. The van der Waals surface area contributed by atoms with Crippen LogP contribution >= 0.6 is 0 Å². The first kappa shape index (κ1) is 23.1. The van der Waals surface area contributed by atoms with Crippen molar-refractivity contribution >= 4 is 0 Å². The summed E-state index contributed by atoms with van der Waals surface area (Å²) in [7, 11) is 0. The van der Waals surface area contributed by atoms with Gasteiger partial charge in [0.2, 0.25) is 0 Å². The molecule has 0 aromatic heterocycles. The van der Waals surface area contributed by atoms with E-state index in [1.807, 2.05) is 41.5 Å². The van der Waals surface area contributed by atoms with Crippen LogP contribution in [0.25, 0.3) is 0 Å². The molecule has 1 fully saturated rings. The average Bonchev–Trinajstić information content (AvgIpc) is 2.29. The van der Waals surface area contributed by atoms with Crippen molar-refractivity contribution in [2.75, 3.05) is 0 Å². The zero-order valence-corrected chi connectivity index (χ0v) is 10.7. The lowest BCUT2D eigenvalue weighted by Crippen LogP contribution is -1.85. The lowest BCUT2D eigenvalue weighted by Gasteiger charge is -2.05. The van der Waals surface area contributed by atoms with Crippen LogP contribution in [0.5, 0.6) is 0 Å². The van der Waals surface area contributed by atoms with Gasteiger partial charge in [-0.05, 0) is 0 Å². The molecule has 0 aliphatic heterocycles. The van der Waals surface area contributed by atoms with E-state index in [9.17, 15) is 0 Å². The molecule has 0 aromatic carbocycles. The molecule has 2 N–H and O–H groups in total. The zero-order chi connectivity index (χ0) is 10.2. The maximum atomic E-state index is 2.00. The second-order valence-corrected chi connectivity index (χ2v) is 2.12. The average molecular weight is 192 g/mol. The minimum absolute atomic E-state index is 0. The van der Waals surface area contributed by atoms with Gasteiger partial charge in [-0.15, -0.1) is 0 Å². The monoisotopic (exact) mass is 192 g/mol. The predicted octanol–water partition coefficient (Wildman–Crippen LogP) is 4.59. The normalized spacial score (nSPS) is 12.5. The van der Waals surface area contributed by atoms with Crippen LogP contribution in [0.2, 0.25) is 0 Å². The molecule has 0 spiro atoms. The second-order valence-electron chi connectivity index (χ2n) is 2.12. The van der Waals surface area contributed by atoms with Gasteiger partial charge in [-0.1, -0.05) is 80.1 Å². The number of hydrogen-bond acceptors (Lipinski definition) is 0. The Morgan fingerprint density at radius 1 is 0.385 bits per heavy atom. The number of rotatable bonds is 0. The predicted molar refractivity (Wildman–Crippen MR) is 65.4 cm³/mol. The summed E-state index contributed by atoms with van der Waals surface area (Å²) in [4.78, 5) is 0. The van der Waals surface area contributed by atoms with Crippen LogP contribution in [0.3, 0.4) is 0 Å². The highest BCUT2D eigenvalue weighted by molar-refractivity contribution is 4.51. The SMILES string of the molecule is C1CCCCC1.CC.CC.CC.O. The first-order valence-electron chi connectivity index (χ1n) is 6.00. The summed E-state index contributed by atoms with van der Waals surface area (Å²) in [6.45, 7) is 12.0. The first-order valence-corrected chi connectivity index (χ1v) is 6.00. The molecular formula is C12H32O. The third-order valence-electron chi connectivity index (χ3n) is 1.50. The minimum atomic E-state index is 0. The highest BCUT2D eigenvalue weighted by atomic mass is 16.0. The Bertz CT molecular complexity index is 20.6. The van der Waals surface area contributed by atoms with Crippen LogP contribution in [0.4, 0.5) is 0 Å². The summed E-state index contributed by atoms with van der Waals surface area (Å²) in [5, 5.41) is 0. The molecule has 0 radical (unpaired) electrons. The van der Waals surface area contributed by atoms with Crippen molar-refractivity contribution in [3.63, 3.8) is 0 Å². The van der Waals surface area contributed by atoms with E-state index in [2.05, 4.69) is 0 Å². The molecule has 1 saturated carbocycles. The molecule has 0 aromatic rings. The molecule has 1 heteroatoms. The van der Waals surface area contributed by atoms with Crippen molar-refractivity contribution < 1.29 is 5.48 Å². The highest BCUT2D eigenvalue weighted by Gasteiger charge is 1.95. The third-order valence-corrected chi connectivity index (χ3v) is 1.50. The molecular weight excluding hydrogens is 160 g/mol. The van der Waals surface area contributed by atoms with Crippen LogP contribution in [0.1, 0.15) is 80.1 Å². The third kappa shape index (κ3) is 33.4. The summed E-state index contributed by atoms with van der Waals surface area (Å²) >= 11 is 0. The van der Waals surface area contributed by atoms with Gasteiger partial charge in [-0.2, -0.15) is 0 Å². The van der Waals surface area contributed by atoms with Gasteiger partial charge in [0.15, 0.2) is 0 Å². The molecule has 0 atom stereocenters. The van der Waals surface area contributed by atoms with Gasteiger partial charge in [-0.3, -0.25) is 0 Å². The van der Waals surface area contributed by atoms with Crippen molar-refractivity contribution in [2.24, 2.45) is 0 Å². The maximum Gasteiger partial charge on any atom is -0.0533 e. The highest BCUT2D eigenvalue weighted by Crippen LogP contribution is 2.15. The molecule has 13 heavy (non-hydrogen) atoms. The van der Waals surface area contributed by atoms with E-state index in [1.54, 1.807) is 0 Å². The number of hydrogen-bond donors (Lipinski definition) is 0. The molecule has 0 unspecified atom stereocenters. The molecule has 86 valence electrons. The molecule has 0 heterocycles. The van der Waals surface area contributed by atoms with E-state index in [0.29, 0.717) is 0 Å². The Morgan fingerprint density at radius 2 is 0.462 bits per heavy atom. The van der Waals surface area contributed by atoms with Gasteiger partial charge >= 0.3 is 0 Å². The second kappa shape index (κ2) is 40.4. The Labute approximate surface area is 86.2 Å². The molecule has 1 aliphatic carbocycles. The largest absolute Gasteiger partial charge is 0.412 e. The quantitative estimate of drug-likeness (QED) is 0.537. The van der Waals surface area contributed by atoms with E-state index in [1.165, 1.54) is 38.5 Å². The molecule has 0 amide bonds. The van der Waals surface area contributed by atoms with Gasteiger partial charge in [0.1, 0.15) is 0 Å². The van der Waals surface area contributed by atoms with Crippen LogP contribution in [0, 0.1) is 0 Å². The van der Waals surface area contributed by atoms with Crippen molar-refractivity contribution in [2.45, 2.75) is 80.1 Å². The summed E-state index contributed by atoms with van der Waals surface area (Å²) in [6.07, 6.45) is 9.00. The van der Waals surface area contributed by atoms with Crippen molar-refractivity contribution in [3.8, 4) is 0 Å². The van der Waals surface area contributed by atoms with E-state index >= 15 is 0 Å². The smallest absolute Gasteiger partial charge is 0.0533 e. The van der Waals surface area contributed by atoms with Gasteiger partial charge < -0.3 is 5.48 Å². The van der Waals surface area contributed by atoms with Gasteiger partial charge in [0.25, 0.3) is 0 Å². The molecule has 0 bridgehead atoms. The van der Waals surface area contributed by atoms with Crippen molar-refractivity contribution in [3.05, 3.63) is 0 Å². The summed E-state index contributed by atoms with van der Waals surface area (Å²) in [6, 6.07) is 0. The Kier molecular flexibility index (Phi) is 71.8. The first-order chi connectivity index (χ1) is 6.00. The van der Waals surface area contributed by atoms with Gasteiger partial charge in [0.05, 0.1) is 0 Å². The van der Waals surface area contributed by atoms with Crippen LogP contribution in [-0.4, -0.2) is 5.48 Å².